The third-order valence-electron chi connectivity index (χ3n) is 10.8. The second-order valence-corrected chi connectivity index (χ2v) is 15.7. The number of pyridine rings is 1. The van der Waals surface area contributed by atoms with Crippen LogP contribution in [0.3, 0.4) is 0 Å². The molecule has 0 unspecified atom stereocenters. The molecule has 0 aliphatic carbocycles. The van der Waals surface area contributed by atoms with Crippen LogP contribution in [0.5, 0.6) is 0 Å². The zero-order valence-corrected chi connectivity index (χ0v) is 34.1. The van der Waals surface area contributed by atoms with Gasteiger partial charge in [-0.3, -0.25) is 9.36 Å². The van der Waals surface area contributed by atoms with E-state index in [2.05, 4.69) is 34.5 Å². The Morgan fingerprint density at radius 2 is 0.615 bits per heavy atom. The Kier molecular flexibility index (Phi) is 26.0. The molecule has 7 nitrogen and oxygen atoms in total. The second kappa shape index (κ2) is 30.8. The smallest absolute Gasteiger partial charge is 0.131 e. The number of aryl methyl sites for hydroxylation is 2. The topological polar surface area (TPSA) is 74.3 Å². The Morgan fingerprint density at radius 3 is 0.904 bits per heavy atom. The van der Waals surface area contributed by atoms with Crippen LogP contribution in [-0.2, 0) is 13.1 Å². The Balaban J connectivity index is 1.18. The van der Waals surface area contributed by atoms with Gasteiger partial charge in [0.05, 0.1) is 23.8 Å². The molecule has 0 atom stereocenters. The van der Waals surface area contributed by atoms with Gasteiger partial charge in [0.15, 0.2) is 0 Å². The summed E-state index contributed by atoms with van der Waals surface area (Å²) in [5.74, 6) is 0. The van der Waals surface area contributed by atoms with Crippen molar-refractivity contribution in [2.24, 2.45) is 0 Å². The quantitative estimate of drug-likeness (QED) is 0.0560. The molecular weight excluding hydrogens is 639 g/mol. The highest BCUT2D eigenvalue weighted by Crippen LogP contribution is 2.21. The first-order chi connectivity index (χ1) is 25.8. The fourth-order valence-corrected chi connectivity index (χ4v) is 7.41. The maximum atomic E-state index is 4.87. The van der Waals surface area contributed by atoms with Crippen molar-refractivity contribution in [2.45, 2.75) is 232 Å². The molecule has 0 radical (unpaired) electrons. The molecule has 0 fully saturated rings. The molecule has 7 heteroatoms. The number of rotatable bonds is 36. The van der Waals surface area contributed by atoms with Crippen molar-refractivity contribution in [3.05, 3.63) is 30.6 Å². The van der Waals surface area contributed by atoms with Gasteiger partial charge in [-0.05, 0) is 25.0 Å². The van der Waals surface area contributed by atoms with Crippen LogP contribution in [0.25, 0.3) is 22.8 Å². The zero-order chi connectivity index (χ0) is 36.6. The van der Waals surface area contributed by atoms with Crippen LogP contribution in [-0.4, -0.2) is 35.0 Å². The summed E-state index contributed by atoms with van der Waals surface area (Å²) in [5.41, 5.74) is 3.31. The largest absolute Gasteiger partial charge is 0.252 e. The van der Waals surface area contributed by atoms with Crippen LogP contribution in [0.4, 0.5) is 0 Å². The monoisotopic (exact) mass is 718 g/mol. The molecule has 0 amide bonds. The van der Waals surface area contributed by atoms with E-state index < -0.39 is 0 Å². The molecule has 52 heavy (non-hydrogen) atoms. The Hall–Kier alpha value is -2.57. The van der Waals surface area contributed by atoms with Gasteiger partial charge in [0.1, 0.15) is 11.4 Å². The Morgan fingerprint density at radius 1 is 0.346 bits per heavy atom. The molecule has 3 rings (SSSR count). The van der Waals surface area contributed by atoms with Crippen LogP contribution in [0, 0.1) is 0 Å². The van der Waals surface area contributed by atoms with E-state index in [1.165, 1.54) is 193 Å². The first-order valence-electron chi connectivity index (χ1n) is 22.6. The van der Waals surface area contributed by atoms with Gasteiger partial charge in [-0.2, -0.15) is 0 Å². The molecule has 0 spiro atoms. The summed E-state index contributed by atoms with van der Waals surface area (Å²) in [6, 6.07) is 6.04. The van der Waals surface area contributed by atoms with Crippen molar-refractivity contribution in [3.63, 3.8) is 0 Å². The highest BCUT2D eigenvalue weighted by atomic mass is 15.4. The van der Waals surface area contributed by atoms with Gasteiger partial charge < -0.3 is 0 Å². The second-order valence-electron chi connectivity index (χ2n) is 15.7. The predicted octanol–water partition coefficient (Wildman–Crippen LogP) is 14.1. The van der Waals surface area contributed by atoms with Crippen molar-refractivity contribution in [2.75, 3.05) is 0 Å². The van der Waals surface area contributed by atoms with Crippen molar-refractivity contribution >= 4 is 0 Å². The molecule has 0 aliphatic heterocycles. The number of aromatic nitrogens is 7. The molecule has 3 aromatic rings. The molecule has 0 N–H and O–H groups in total. The summed E-state index contributed by atoms with van der Waals surface area (Å²) in [6.45, 7) is 6.42. The van der Waals surface area contributed by atoms with Crippen LogP contribution < -0.4 is 0 Å². The molecule has 0 aromatic carbocycles. The van der Waals surface area contributed by atoms with Crippen molar-refractivity contribution in [3.8, 4) is 22.8 Å². The predicted molar refractivity (Wildman–Crippen MR) is 221 cm³/mol. The molecule has 0 aliphatic rings. The zero-order valence-electron chi connectivity index (χ0n) is 34.1. The van der Waals surface area contributed by atoms with E-state index in [0.717, 1.165) is 48.7 Å². The number of hydrogen-bond donors (Lipinski definition) is 0. The third-order valence-corrected chi connectivity index (χ3v) is 10.8. The highest BCUT2D eigenvalue weighted by Gasteiger charge is 2.10. The molecule has 0 saturated carbocycles. The fourth-order valence-electron chi connectivity index (χ4n) is 7.41. The van der Waals surface area contributed by atoms with E-state index in [9.17, 15) is 0 Å². The van der Waals surface area contributed by atoms with Gasteiger partial charge in [0, 0.05) is 13.1 Å². The van der Waals surface area contributed by atoms with Gasteiger partial charge in [-0.25, -0.2) is 4.98 Å². The Labute approximate surface area is 319 Å². The van der Waals surface area contributed by atoms with Crippen molar-refractivity contribution in [1.29, 1.82) is 0 Å². The molecular formula is C45H79N7. The Bertz CT molecular complexity index is 1130. The molecule has 0 saturated heterocycles. The standard InChI is InChI=1S/C45H79N7/c1-3-5-7-9-11-13-15-17-19-21-23-25-27-29-31-33-38-51-40-44(47-49-51)42-36-35-37-43(46-42)45-41-52(50-48-45)39-34-32-30-28-26-24-22-20-18-16-14-12-10-8-6-4-2/h35-37,40-41H,3-34,38-39H2,1-2H3. The van der Waals surface area contributed by atoms with Crippen molar-refractivity contribution in [1.82, 2.24) is 35.0 Å². The van der Waals surface area contributed by atoms with E-state index in [4.69, 9.17) is 4.98 Å². The average Bonchev–Trinajstić information content (AvgIpc) is 3.85. The van der Waals surface area contributed by atoms with Crippen molar-refractivity contribution < 1.29 is 0 Å². The number of hydrogen-bond acceptors (Lipinski definition) is 5. The van der Waals surface area contributed by atoms with Gasteiger partial charge >= 0.3 is 0 Å². The highest BCUT2D eigenvalue weighted by molar-refractivity contribution is 5.60. The van der Waals surface area contributed by atoms with Crippen LogP contribution in [0.1, 0.15) is 219 Å². The maximum absolute atomic E-state index is 4.87. The maximum Gasteiger partial charge on any atom is 0.131 e. The van der Waals surface area contributed by atoms with E-state index in [-0.39, 0.29) is 0 Å². The van der Waals surface area contributed by atoms with Gasteiger partial charge in [0.25, 0.3) is 0 Å². The lowest BCUT2D eigenvalue weighted by molar-refractivity contribution is 0.503. The number of unbranched alkanes of at least 4 members (excludes halogenated alkanes) is 30. The van der Waals surface area contributed by atoms with Crippen LogP contribution in [0.15, 0.2) is 30.6 Å². The van der Waals surface area contributed by atoms with Gasteiger partial charge in [0.2, 0.25) is 0 Å². The minimum Gasteiger partial charge on any atom is -0.252 e. The lowest BCUT2D eigenvalue weighted by Gasteiger charge is -2.04. The average molecular weight is 718 g/mol. The molecule has 0 bridgehead atoms. The number of nitrogens with zero attached hydrogens (tertiary/aromatic N) is 7. The van der Waals surface area contributed by atoms with Gasteiger partial charge in [-0.1, -0.05) is 223 Å². The lowest BCUT2D eigenvalue weighted by atomic mass is 10.0. The van der Waals surface area contributed by atoms with Crippen LogP contribution >= 0.6 is 0 Å². The first-order valence-corrected chi connectivity index (χ1v) is 22.6. The van der Waals surface area contributed by atoms with E-state index in [0.29, 0.717) is 0 Å². The molecule has 3 heterocycles. The summed E-state index contributed by atoms with van der Waals surface area (Å²) < 4.78 is 3.95. The summed E-state index contributed by atoms with van der Waals surface area (Å²) in [6.07, 6.45) is 48.4. The normalized spacial score (nSPS) is 11.6. The third kappa shape index (κ3) is 21.2. The molecule has 3 aromatic heterocycles. The first kappa shape index (κ1) is 43.8. The summed E-state index contributed by atoms with van der Waals surface area (Å²) in [5, 5.41) is 17.7. The fraction of sp³-hybridized carbons (Fsp3) is 0.800. The summed E-state index contributed by atoms with van der Waals surface area (Å²) in [4.78, 5) is 4.87. The van der Waals surface area contributed by atoms with E-state index >= 15 is 0 Å². The van der Waals surface area contributed by atoms with Gasteiger partial charge in [-0.15, -0.1) is 10.2 Å². The lowest BCUT2D eigenvalue weighted by Crippen LogP contribution is -1.98. The van der Waals surface area contributed by atoms with Crippen LogP contribution in [0.2, 0.25) is 0 Å². The minimum absolute atomic E-state index is 0.818. The summed E-state index contributed by atoms with van der Waals surface area (Å²) in [7, 11) is 0. The summed E-state index contributed by atoms with van der Waals surface area (Å²) >= 11 is 0. The van der Waals surface area contributed by atoms with E-state index in [1.807, 2.05) is 40.0 Å². The minimum atomic E-state index is 0.818. The SMILES string of the molecule is CCCCCCCCCCCCCCCCCCn1cc(-c2cccc(-c3cn(CCCCCCCCCCCCCCCCCC)nn3)n2)nn1. The van der Waals surface area contributed by atoms with E-state index in [1.54, 1.807) is 0 Å². The molecule has 294 valence electrons.